The van der Waals surface area contributed by atoms with Gasteiger partial charge in [0, 0.05) is 30.0 Å². The Morgan fingerprint density at radius 1 is 1.15 bits per heavy atom. The number of halogens is 3. The first-order valence-electron chi connectivity index (χ1n) is 13.5. The lowest BCUT2D eigenvalue weighted by atomic mass is 9.76. The van der Waals surface area contributed by atoms with E-state index in [0.717, 1.165) is 55.2 Å². The summed E-state index contributed by atoms with van der Waals surface area (Å²) in [5, 5.41) is 4.00. The number of carbonyl (C=O) groups excluding carboxylic acids is 1. The fourth-order valence-corrected chi connectivity index (χ4v) is 6.07. The third-order valence-corrected chi connectivity index (χ3v) is 7.78. The van der Waals surface area contributed by atoms with Crippen LogP contribution in [0.1, 0.15) is 86.5 Å². The molecule has 2 aliphatic heterocycles. The zero-order chi connectivity index (χ0) is 28.9. The van der Waals surface area contributed by atoms with Crippen LogP contribution in [0.15, 0.2) is 34.5 Å². The van der Waals surface area contributed by atoms with E-state index in [4.69, 9.17) is 19.0 Å². The molecule has 0 bridgehead atoms. The quantitative estimate of drug-likeness (QED) is 0.285. The van der Waals surface area contributed by atoms with Crippen molar-refractivity contribution in [3.63, 3.8) is 0 Å². The van der Waals surface area contributed by atoms with Crippen molar-refractivity contribution in [1.82, 2.24) is 4.98 Å². The van der Waals surface area contributed by atoms with Crippen LogP contribution in [0.3, 0.4) is 0 Å². The van der Waals surface area contributed by atoms with Crippen molar-refractivity contribution in [2.75, 3.05) is 19.8 Å². The summed E-state index contributed by atoms with van der Waals surface area (Å²) >= 11 is 1.30. The van der Waals surface area contributed by atoms with Gasteiger partial charge in [0.15, 0.2) is 4.80 Å². The first kappa shape index (κ1) is 30.3. The van der Waals surface area contributed by atoms with Crippen LogP contribution < -0.4 is 9.54 Å². The zero-order valence-corrected chi connectivity index (χ0v) is 24.0. The van der Waals surface area contributed by atoms with E-state index < -0.39 is 23.9 Å². The highest BCUT2D eigenvalue weighted by atomic mass is 32.1. The minimum atomic E-state index is -4.64. The molecule has 0 aliphatic carbocycles. The van der Waals surface area contributed by atoms with Gasteiger partial charge in [-0.2, -0.15) is 18.2 Å². The summed E-state index contributed by atoms with van der Waals surface area (Å²) in [6, 6.07) is 2.76. The molecule has 1 amide bonds. The Morgan fingerprint density at radius 3 is 2.58 bits per heavy atom. The van der Waals surface area contributed by atoms with E-state index in [-0.39, 0.29) is 40.2 Å². The summed E-state index contributed by atoms with van der Waals surface area (Å²) in [6.07, 6.45) is 1.39. The molecule has 220 valence electrons. The first-order chi connectivity index (χ1) is 18.9. The summed E-state index contributed by atoms with van der Waals surface area (Å²) in [7, 11) is 0. The lowest BCUT2D eigenvalue weighted by Crippen LogP contribution is -2.29. The highest BCUT2D eigenvalue weighted by Crippen LogP contribution is 2.43. The molecule has 2 saturated heterocycles. The molecule has 1 N–H and O–H groups in total. The molecule has 2 aromatic rings. The van der Waals surface area contributed by atoms with Crippen LogP contribution in [-0.2, 0) is 20.5 Å². The second-order valence-electron chi connectivity index (χ2n) is 11.1. The Kier molecular flexibility index (Phi) is 9.73. The summed E-state index contributed by atoms with van der Waals surface area (Å²) < 4.78 is 57.6. The molecule has 2 fully saturated rings. The van der Waals surface area contributed by atoms with Gasteiger partial charge in [-0.1, -0.05) is 25.9 Å². The summed E-state index contributed by atoms with van der Waals surface area (Å²) in [5.74, 6) is -0.809. The average Bonchev–Trinajstić information content (AvgIpc) is 3.58. The maximum Gasteiger partial charge on any atom is 0.416 e. The number of nitrogens with one attached hydrogen (secondary N) is 1. The molecule has 1 aromatic heterocycles. The number of alkyl halides is 3. The van der Waals surface area contributed by atoms with E-state index >= 15 is 0 Å². The number of thiazole rings is 1. The topological polar surface area (TPSA) is 94.5 Å². The maximum absolute atomic E-state index is 13.5. The van der Waals surface area contributed by atoms with Crippen LogP contribution >= 0.6 is 11.3 Å². The summed E-state index contributed by atoms with van der Waals surface area (Å²) in [5.41, 5.74) is -0.941. The smallest absolute Gasteiger partial charge is 0.416 e. The Bertz CT molecular complexity index is 1250. The van der Waals surface area contributed by atoms with Crippen molar-refractivity contribution in [3.8, 4) is 5.75 Å². The van der Waals surface area contributed by atoms with Crippen LogP contribution in [0.5, 0.6) is 5.75 Å². The molecule has 8 nitrogen and oxygen atoms in total. The van der Waals surface area contributed by atoms with E-state index in [9.17, 15) is 18.0 Å². The van der Waals surface area contributed by atoms with Crippen LogP contribution in [0.25, 0.3) is 0 Å². The standard InChI is InChI=1S/C28H36F3N3O5S/c1-17(34-39-23-9-5-6-12-37-23)16-38-20-11-10-18(28(29,30)31)14-19(20)25(35)33-26-32-15-22(40-26)24(27(2,3)4)21-8-7-13-36-21/h10-11,14-15,21,23-24H,5-9,12-13,16H2,1-4H3,(H,32,33,35)/t21-,23?,24?/m1/s1. The summed E-state index contributed by atoms with van der Waals surface area (Å²) in [4.78, 5) is 27.0. The highest BCUT2D eigenvalue weighted by Gasteiger charge is 2.37. The third-order valence-electron chi connectivity index (χ3n) is 6.77. The Balaban J connectivity index is 1.55. The zero-order valence-electron chi connectivity index (χ0n) is 23.2. The second kappa shape index (κ2) is 12.9. The van der Waals surface area contributed by atoms with Gasteiger partial charge in [-0.15, -0.1) is 11.3 Å². The molecule has 3 atom stereocenters. The average molecular weight is 584 g/mol. The van der Waals surface area contributed by atoms with Crippen LogP contribution in [0.4, 0.5) is 13.2 Å². The fraction of sp³-hybridized carbons (Fsp3) is 0.607. The van der Waals surface area contributed by atoms with Crippen molar-refractivity contribution in [2.45, 2.75) is 84.3 Å². The van der Waals surface area contributed by atoms with Crippen molar-refractivity contribution in [1.29, 1.82) is 0 Å². The number of oxime groups is 1. The lowest BCUT2D eigenvalue weighted by Gasteiger charge is -2.33. The Morgan fingerprint density at radius 2 is 1.93 bits per heavy atom. The van der Waals surface area contributed by atoms with Gasteiger partial charge in [-0.3, -0.25) is 4.79 Å². The number of ether oxygens (including phenoxy) is 3. The number of amides is 1. The predicted molar refractivity (Wildman–Crippen MR) is 144 cm³/mol. The van der Waals surface area contributed by atoms with Gasteiger partial charge in [0.05, 0.1) is 29.5 Å². The molecule has 2 aliphatic rings. The van der Waals surface area contributed by atoms with Crippen molar-refractivity contribution < 1.29 is 37.0 Å². The van der Waals surface area contributed by atoms with Gasteiger partial charge in [-0.25, -0.2) is 0 Å². The fourth-order valence-electron chi connectivity index (χ4n) is 4.85. The third kappa shape index (κ3) is 7.94. The predicted octanol–water partition coefficient (Wildman–Crippen LogP) is 6.44. The first-order valence-corrected chi connectivity index (χ1v) is 14.3. The molecule has 2 unspecified atom stereocenters. The van der Waals surface area contributed by atoms with Gasteiger partial charge >= 0.3 is 6.18 Å². The van der Waals surface area contributed by atoms with E-state index in [0.29, 0.717) is 18.9 Å². The van der Waals surface area contributed by atoms with Crippen molar-refractivity contribution in [3.05, 3.63) is 45.2 Å². The minimum Gasteiger partial charge on any atom is -0.487 e. The number of aromatic amines is 1. The second-order valence-corrected chi connectivity index (χ2v) is 12.2. The molecule has 40 heavy (non-hydrogen) atoms. The maximum atomic E-state index is 13.5. The lowest BCUT2D eigenvalue weighted by molar-refractivity contribution is -0.162. The number of aromatic nitrogens is 1. The van der Waals surface area contributed by atoms with Crippen molar-refractivity contribution in [2.24, 2.45) is 15.6 Å². The van der Waals surface area contributed by atoms with E-state index in [2.05, 4.69) is 35.9 Å². The number of benzene rings is 1. The number of nitrogens with zero attached hydrogens (tertiary/aromatic N) is 2. The molecular weight excluding hydrogens is 547 g/mol. The number of H-pyrrole nitrogens is 1. The molecule has 0 spiro atoms. The number of carbonyl (C=O) groups is 1. The highest BCUT2D eigenvalue weighted by molar-refractivity contribution is 7.09. The van der Waals surface area contributed by atoms with E-state index in [1.165, 1.54) is 11.3 Å². The molecular formula is C28H36F3N3O5S. The van der Waals surface area contributed by atoms with Crippen LogP contribution in [-0.4, -0.2) is 48.8 Å². The Labute approximate surface area is 235 Å². The minimum absolute atomic E-state index is 0.0334. The molecule has 0 saturated carbocycles. The number of hydrogen-bond donors (Lipinski definition) is 1. The molecule has 3 heterocycles. The largest absolute Gasteiger partial charge is 0.487 e. The molecule has 0 radical (unpaired) electrons. The van der Waals surface area contributed by atoms with Gasteiger partial charge in [0.2, 0.25) is 6.29 Å². The van der Waals surface area contributed by atoms with Crippen LogP contribution in [0, 0.1) is 5.41 Å². The normalized spacial score (nSPS) is 21.9. The van der Waals surface area contributed by atoms with E-state index in [1.807, 2.05) is 0 Å². The molecule has 1 aromatic carbocycles. The van der Waals surface area contributed by atoms with Gasteiger partial charge in [0.1, 0.15) is 12.4 Å². The Hall–Kier alpha value is -2.70. The monoisotopic (exact) mass is 583 g/mol. The van der Waals surface area contributed by atoms with Gasteiger partial charge in [0.25, 0.3) is 5.91 Å². The summed E-state index contributed by atoms with van der Waals surface area (Å²) in [6.45, 7) is 9.27. The molecule has 12 heteroatoms. The van der Waals surface area contributed by atoms with Crippen molar-refractivity contribution >= 4 is 23.0 Å². The van der Waals surface area contributed by atoms with Gasteiger partial charge in [-0.05, 0) is 56.2 Å². The van der Waals surface area contributed by atoms with E-state index in [1.54, 1.807) is 13.1 Å². The number of rotatable bonds is 8. The van der Waals surface area contributed by atoms with Crippen LogP contribution in [0.2, 0.25) is 0 Å². The van der Waals surface area contributed by atoms with Gasteiger partial charge < -0.3 is 24.0 Å². The molecule has 4 rings (SSSR count). The SMILES string of the molecule is CC(COc1ccc(C(F)(F)F)cc1C(=O)N=c1[nH]cc(C([C@H]2CCCO2)C(C)(C)C)s1)=NOC1CCCCO1. The number of hydrogen-bond acceptors (Lipinski definition) is 7.